The first kappa shape index (κ1) is 17.5. The predicted molar refractivity (Wildman–Crippen MR) is 96.5 cm³/mol. The molecule has 0 spiro atoms. The number of nitrogens with zero attached hydrogens (tertiary/aromatic N) is 2. The van der Waals surface area contributed by atoms with Crippen molar-refractivity contribution < 1.29 is 13.6 Å². The quantitative estimate of drug-likeness (QED) is 0.755. The second kappa shape index (κ2) is 7.31. The zero-order valence-electron chi connectivity index (χ0n) is 14.1. The SMILES string of the molecule is Cc1ccccc1-c1cccc(N(Cc2c(F)cccc2F)C(N)=O)n1. The largest absolute Gasteiger partial charge is 0.351 e. The Morgan fingerprint density at radius 2 is 1.65 bits per heavy atom. The van der Waals surface area contributed by atoms with Gasteiger partial charge in [-0.25, -0.2) is 18.6 Å². The maximum atomic E-state index is 13.9. The topological polar surface area (TPSA) is 59.2 Å². The number of urea groups is 1. The fourth-order valence-corrected chi connectivity index (χ4v) is 2.70. The summed E-state index contributed by atoms with van der Waals surface area (Å²) in [7, 11) is 0. The van der Waals surface area contributed by atoms with Crippen LogP contribution in [0.2, 0.25) is 0 Å². The van der Waals surface area contributed by atoms with Crippen molar-refractivity contribution in [1.82, 2.24) is 4.98 Å². The number of hydrogen-bond acceptors (Lipinski definition) is 2. The predicted octanol–water partition coefficient (Wildman–Crippen LogP) is 4.42. The minimum absolute atomic E-state index is 0.223. The first-order valence-corrected chi connectivity index (χ1v) is 8.00. The lowest BCUT2D eigenvalue weighted by atomic mass is 10.1. The molecule has 6 heteroatoms. The van der Waals surface area contributed by atoms with E-state index in [1.54, 1.807) is 18.2 Å². The molecule has 1 aromatic heterocycles. The lowest BCUT2D eigenvalue weighted by molar-refractivity contribution is 0.253. The Balaban J connectivity index is 2.01. The van der Waals surface area contributed by atoms with Gasteiger partial charge in [0.05, 0.1) is 12.2 Å². The molecule has 3 aromatic rings. The second-order valence-electron chi connectivity index (χ2n) is 5.82. The van der Waals surface area contributed by atoms with E-state index in [2.05, 4.69) is 4.98 Å². The molecule has 2 aromatic carbocycles. The van der Waals surface area contributed by atoms with Gasteiger partial charge >= 0.3 is 6.03 Å². The number of hydrogen-bond donors (Lipinski definition) is 1. The maximum Gasteiger partial charge on any atom is 0.320 e. The van der Waals surface area contributed by atoms with E-state index in [-0.39, 0.29) is 17.9 Å². The summed E-state index contributed by atoms with van der Waals surface area (Å²) in [4.78, 5) is 17.4. The minimum atomic E-state index is -0.845. The van der Waals surface area contributed by atoms with Crippen LogP contribution in [0.1, 0.15) is 11.1 Å². The molecule has 0 radical (unpaired) electrons. The molecule has 2 amide bonds. The summed E-state index contributed by atoms with van der Waals surface area (Å²) in [5.74, 6) is -1.27. The van der Waals surface area contributed by atoms with E-state index in [0.29, 0.717) is 5.69 Å². The average Bonchev–Trinajstić information content (AvgIpc) is 2.61. The smallest absolute Gasteiger partial charge is 0.320 e. The zero-order valence-corrected chi connectivity index (χ0v) is 14.1. The number of pyridine rings is 1. The Labute approximate surface area is 149 Å². The highest BCUT2D eigenvalue weighted by Gasteiger charge is 2.19. The summed E-state index contributed by atoms with van der Waals surface area (Å²) < 4.78 is 27.9. The number of anilines is 1. The molecular formula is C20H17F2N3O. The fraction of sp³-hybridized carbons (Fsp3) is 0.100. The van der Waals surface area contributed by atoms with Gasteiger partial charge in [0.1, 0.15) is 17.5 Å². The highest BCUT2D eigenvalue weighted by atomic mass is 19.1. The normalized spacial score (nSPS) is 10.6. The van der Waals surface area contributed by atoms with Gasteiger partial charge < -0.3 is 5.73 Å². The molecule has 4 nitrogen and oxygen atoms in total. The van der Waals surface area contributed by atoms with E-state index in [1.807, 2.05) is 31.2 Å². The van der Waals surface area contributed by atoms with Gasteiger partial charge in [0.25, 0.3) is 0 Å². The molecular weight excluding hydrogens is 336 g/mol. The van der Waals surface area contributed by atoms with Crippen molar-refractivity contribution in [3.8, 4) is 11.3 Å². The highest BCUT2D eigenvalue weighted by Crippen LogP contribution is 2.25. The molecule has 0 aliphatic carbocycles. The lowest BCUT2D eigenvalue weighted by Gasteiger charge is -2.21. The van der Waals surface area contributed by atoms with Crippen molar-refractivity contribution in [2.45, 2.75) is 13.5 Å². The van der Waals surface area contributed by atoms with Crippen LogP contribution in [0.4, 0.5) is 19.4 Å². The summed E-state index contributed by atoms with van der Waals surface area (Å²) in [6.45, 7) is 1.60. The Bertz CT molecular complexity index is 939. The first-order chi connectivity index (χ1) is 12.5. The van der Waals surface area contributed by atoms with Crippen LogP contribution in [0, 0.1) is 18.6 Å². The van der Waals surface area contributed by atoms with E-state index in [4.69, 9.17) is 5.73 Å². The van der Waals surface area contributed by atoms with Crippen LogP contribution in [0.15, 0.2) is 60.7 Å². The number of carbonyl (C=O) groups is 1. The molecule has 0 aliphatic rings. The minimum Gasteiger partial charge on any atom is -0.351 e. The summed E-state index contributed by atoms with van der Waals surface area (Å²) in [6.07, 6.45) is 0. The fourth-order valence-electron chi connectivity index (χ4n) is 2.70. The van der Waals surface area contributed by atoms with Crippen LogP contribution >= 0.6 is 0 Å². The molecule has 132 valence electrons. The molecule has 0 bridgehead atoms. The third-order valence-corrected chi connectivity index (χ3v) is 4.08. The molecule has 26 heavy (non-hydrogen) atoms. The van der Waals surface area contributed by atoms with Crippen LogP contribution in [-0.4, -0.2) is 11.0 Å². The average molecular weight is 353 g/mol. The van der Waals surface area contributed by atoms with Crippen molar-refractivity contribution in [3.63, 3.8) is 0 Å². The number of nitrogens with two attached hydrogens (primary N) is 1. The molecule has 2 N–H and O–H groups in total. The van der Waals surface area contributed by atoms with Crippen LogP contribution in [0.3, 0.4) is 0 Å². The summed E-state index contributed by atoms with van der Waals surface area (Å²) in [5.41, 5.74) is 7.75. The third-order valence-electron chi connectivity index (χ3n) is 4.08. The molecule has 0 atom stereocenters. The number of aryl methyl sites for hydroxylation is 1. The van der Waals surface area contributed by atoms with Gasteiger partial charge in [0, 0.05) is 11.1 Å². The molecule has 1 heterocycles. The van der Waals surface area contributed by atoms with Crippen LogP contribution in [-0.2, 0) is 6.54 Å². The molecule has 0 fully saturated rings. The molecule has 0 saturated carbocycles. The van der Waals surface area contributed by atoms with E-state index >= 15 is 0 Å². The van der Waals surface area contributed by atoms with Gasteiger partial charge in [-0.2, -0.15) is 0 Å². The van der Waals surface area contributed by atoms with E-state index in [9.17, 15) is 13.6 Å². The number of benzene rings is 2. The van der Waals surface area contributed by atoms with Crippen molar-refractivity contribution in [1.29, 1.82) is 0 Å². The third kappa shape index (κ3) is 3.54. The van der Waals surface area contributed by atoms with Gasteiger partial charge in [-0.05, 0) is 36.8 Å². The summed E-state index contributed by atoms with van der Waals surface area (Å²) in [6, 6.07) is 15.4. The van der Waals surface area contributed by atoms with Gasteiger partial charge in [0.2, 0.25) is 0 Å². The molecule has 0 saturated heterocycles. The van der Waals surface area contributed by atoms with Crippen LogP contribution in [0.25, 0.3) is 11.3 Å². The number of carbonyl (C=O) groups excluding carboxylic acids is 1. The Morgan fingerprint density at radius 3 is 2.31 bits per heavy atom. The number of primary amides is 1. The Kier molecular flexibility index (Phi) is 4.93. The van der Waals surface area contributed by atoms with Gasteiger partial charge in [-0.1, -0.05) is 36.4 Å². The van der Waals surface area contributed by atoms with E-state index in [0.717, 1.165) is 28.2 Å². The van der Waals surface area contributed by atoms with Crippen molar-refractivity contribution in [2.24, 2.45) is 5.73 Å². The van der Waals surface area contributed by atoms with E-state index < -0.39 is 17.7 Å². The highest BCUT2D eigenvalue weighted by molar-refractivity contribution is 5.89. The molecule has 0 aliphatic heterocycles. The van der Waals surface area contributed by atoms with Gasteiger partial charge in [-0.3, -0.25) is 4.90 Å². The summed E-state index contributed by atoms with van der Waals surface area (Å²) >= 11 is 0. The van der Waals surface area contributed by atoms with E-state index in [1.165, 1.54) is 6.07 Å². The summed E-state index contributed by atoms with van der Waals surface area (Å²) in [5, 5.41) is 0. The number of aromatic nitrogens is 1. The Morgan fingerprint density at radius 1 is 1.00 bits per heavy atom. The Hall–Kier alpha value is -3.28. The number of amides is 2. The van der Waals surface area contributed by atoms with Crippen molar-refractivity contribution in [2.75, 3.05) is 4.90 Å². The zero-order chi connectivity index (χ0) is 18.7. The first-order valence-electron chi connectivity index (χ1n) is 8.00. The molecule has 3 rings (SSSR count). The van der Waals surface area contributed by atoms with Crippen LogP contribution < -0.4 is 10.6 Å². The van der Waals surface area contributed by atoms with Crippen molar-refractivity contribution >= 4 is 11.8 Å². The lowest BCUT2D eigenvalue weighted by Crippen LogP contribution is -2.36. The van der Waals surface area contributed by atoms with Crippen molar-refractivity contribution in [3.05, 3.63) is 83.4 Å². The molecule has 0 unspecified atom stereocenters. The number of rotatable bonds is 4. The van der Waals surface area contributed by atoms with Gasteiger partial charge in [0.15, 0.2) is 0 Å². The number of halogens is 2. The monoisotopic (exact) mass is 353 g/mol. The standard InChI is InChI=1S/C20H17F2N3O/c1-13-6-2-3-7-14(13)18-10-5-11-19(24-18)25(20(23)26)12-15-16(21)8-4-9-17(15)22/h2-11H,12H2,1H3,(H2,23,26). The van der Waals surface area contributed by atoms with Gasteiger partial charge in [-0.15, -0.1) is 0 Å². The van der Waals surface area contributed by atoms with Crippen LogP contribution in [0.5, 0.6) is 0 Å². The second-order valence-corrected chi connectivity index (χ2v) is 5.82. The maximum absolute atomic E-state index is 13.9.